The van der Waals surface area contributed by atoms with E-state index in [4.69, 9.17) is 59.8 Å². The van der Waals surface area contributed by atoms with Crippen LogP contribution in [0.25, 0.3) is 0 Å². The van der Waals surface area contributed by atoms with Crippen LogP contribution in [0.4, 0.5) is 39.5 Å². The minimum absolute atomic E-state index is 0. The third-order valence-corrected chi connectivity index (χ3v) is 10.1. The van der Waals surface area contributed by atoms with Gasteiger partial charge in [0.1, 0.15) is 11.5 Å². The Morgan fingerprint density at radius 1 is 0.481 bits per heavy atom. The van der Waals surface area contributed by atoms with Gasteiger partial charge in [-0.15, -0.1) is 13.2 Å². The molecule has 0 atom stereocenters. The lowest BCUT2D eigenvalue weighted by Gasteiger charge is -2.09. The van der Waals surface area contributed by atoms with E-state index in [1.807, 2.05) is 36.4 Å². The van der Waals surface area contributed by atoms with Gasteiger partial charge in [-0.05, 0) is 112 Å². The number of ether oxygens (including phenoxy) is 4. The van der Waals surface area contributed by atoms with Gasteiger partial charge < -0.3 is 75.4 Å². The molecule has 16 nitrogen and oxygen atoms in total. The summed E-state index contributed by atoms with van der Waals surface area (Å²) in [7, 11) is 4.52. The van der Waals surface area contributed by atoms with E-state index in [0.717, 1.165) is 52.3 Å². The minimum Gasteiger partial charge on any atom is -0.504 e. The molecule has 0 saturated heterocycles. The quantitative estimate of drug-likeness (QED) is 0.0309. The van der Waals surface area contributed by atoms with Gasteiger partial charge in [0, 0.05) is 51.4 Å². The number of halogens is 9. The van der Waals surface area contributed by atoms with Crippen molar-refractivity contribution in [3.8, 4) is 23.0 Å². The number of aromatic hydroxyl groups is 1. The Bertz CT molecular complexity index is 2890. The Hall–Kier alpha value is -8.27. The van der Waals surface area contributed by atoms with Crippen LogP contribution in [0.5, 0.6) is 23.0 Å². The smallest absolute Gasteiger partial charge is 0.504 e. The number of nitrogens with two attached hydrogens (primary N) is 7. The normalized spacial score (nSPS) is 10.1. The fourth-order valence-corrected chi connectivity index (χ4v) is 5.75. The second-order valence-corrected chi connectivity index (χ2v) is 15.7. The molecular formula is C56H67F9N8O8. The van der Waals surface area contributed by atoms with Crippen molar-refractivity contribution >= 4 is 11.9 Å². The summed E-state index contributed by atoms with van der Waals surface area (Å²) in [6.45, 7) is 2.27. The van der Waals surface area contributed by atoms with Gasteiger partial charge in [-0.3, -0.25) is 0 Å². The number of carbonyl (C=O) groups excluding carboxylic acids is 1. The molecule has 0 unspecified atom stereocenters. The lowest BCUT2D eigenvalue weighted by molar-refractivity contribution is -0.274. The van der Waals surface area contributed by atoms with Crippen LogP contribution >= 0.6 is 0 Å². The maximum Gasteiger partial charge on any atom is 0.573 e. The van der Waals surface area contributed by atoms with Gasteiger partial charge in [0.25, 0.3) is 0 Å². The van der Waals surface area contributed by atoms with E-state index in [1.54, 1.807) is 67.8 Å². The van der Waals surface area contributed by atoms with E-state index in [2.05, 4.69) is 9.47 Å². The number of benzene rings is 7. The Morgan fingerprint density at radius 3 is 1.30 bits per heavy atom. The van der Waals surface area contributed by atoms with Crippen molar-refractivity contribution < 1.29 is 78.3 Å². The van der Waals surface area contributed by atoms with E-state index in [1.165, 1.54) is 44.6 Å². The summed E-state index contributed by atoms with van der Waals surface area (Å²) in [6, 6.07) is 38.7. The van der Waals surface area contributed by atoms with Gasteiger partial charge in [-0.25, -0.2) is 22.8 Å². The summed E-state index contributed by atoms with van der Waals surface area (Å²) in [5.41, 5.74) is 42.5. The number of carboxylic acids is 1. The fraction of sp³-hybridized carbons (Fsp3) is 0.214. The summed E-state index contributed by atoms with van der Waals surface area (Å²) in [5.74, 6) is -3.86. The lowest BCUT2D eigenvalue weighted by Crippen LogP contribution is -2.17. The van der Waals surface area contributed by atoms with Crippen molar-refractivity contribution in [2.24, 2.45) is 40.1 Å². The van der Waals surface area contributed by atoms with Gasteiger partial charge in [0.2, 0.25) is 0 Å². The maximum absolute atomic E-state index is 12.6. The molecule has 81 heavy (non-hydrogen) atoms. The largest absolute Gasteiger partial charge is 0.573 e. The molecule has 0 heterocycles. The number of hydrogen-bond donors (Lipinski definition) is 10. The summed E-state index contributed by atoms with van der Waals surface area (Å²) >= 11 is 0. The highest BCUT2D eigenvalue weighted by Gasteiger charge is 2.31. The summed E-state index contributed by atoms with van der Waals surface area (Å²) in [6.07, 6.45) is -8.90. The van der Waals surface area contributed by atoms with Crippen molar-refractivity contribution in [2.75, 3.05) is 21.3 Å². The summed E-state index contributed by atoms with van der Waals surface area (Å²) in [4.78, 5) is 21.3. The molecule has 0 aliphatic rings. The Morgan fingerprint density at radius 2 is 0.901 bits per heavy atom. The zero-order valence-electron chi connectivity index (χ0n) is 44.4. The first-order valence-corrected chi connectivity index (χ1v) is 23.4. The maximum atomic E-state index is 12.6. The number of phenols is 1. The molecule has 0 spiro atoms. The molecule has 442 valence electrons. The molecule has 19 N–H and O–H groups in total. The van der Waals surface area contributed by atoms with Crippen LogP contribution in [-0.4, -0.2) is 49.8 Å². The van der Waals surface area contributed by atoms with Crippen molar-refractivity contribution in [3.05, 3.63) is 225 Å². The van der Waals surface area contributed by atoms with Gasteiger partial charge in [0.15, 0.2) is 29.0 Å². The molecule has 0 amide bonds. The summed E-state index contributed by atoms with van der Waals surface area (Å²) < 4.78 is 126. The molecule has 7 aromatic rings. The fourth-order valence-electron chi connectivity index (χ4n) is 5.75. The molecule has 0 aromatic heterocycles. The van der Waals surface area contributed by atoms with Crippen LogP contribution in [0.15, 0.2) is 152 Å². The second-order valence-electron chi connectivity index (χ2n) is 15.7. The molecule has 0 bridgehead atoms. The minimum atomic E-state index is -4.65. The van der Waals surface area contributed by atoms with Crippen LogP contribution in [0.1, 0.15) is 65.2 Å². The van der Waals surface area contributed by atoms with E-state index >= 15 is 0 Å². The van der Waals surface area contributed by atoms with Crippen molar-refractivity contribution in [1.29, 1.82) is 0 Å². The topological polar surface area (TPSA) is 329 Å². The standard InChI is InChI=1S/C9H11NO2.C8H8F3NO.C8H8F3N.C8H11NO2.C8H9NO2.C8H11NO.C7H6F3N.H3N/c1-12-9(11)8-4-2-7(6-10)3-5-8;9-8(10,11)13-7-3-1-2-6(4-7)5-12;9-8(10,11)7-3-1-6(5-12)2-4-7;1-11-8-4-6(5-9)2-3-7(8)10;9-5-6-1-3-7(4-2-6)8(10)11;1-10-8-4-2-3-7(5-8)6-9;8-5-2-1-4(3-11)6(9)7(5)10;/h2-5H,6,10H2,1H3;1-4H,5,12H2;1-4H,5,12H2;2-4,10H,5,9H2,1H3;1-4H,5,9H2,(H,10,11);2-5H,6,9H2,1H3;1-2H,3,11H2;1H3. The highest BCUT2D eigenvalue weighted by molar-refractivity contribution is 5.89. The Labute approximate surface area is 462 Å². The van der Waals surface area contributed by atoms with Gasteiger partial charge in [0.05, 0.1) is 38.0 Å². The van der Waals surface area contributed by atoms with E-state index in [-0.39, 0.29) is 48.8 Å². The van der Waals surface area contributed by atoms with Crippen LogP contribution < -0.4 is 60.5 Å². The molecule has 0 aliphatic heterocycles. The van der Waals surface area contributed by atoms with Crippen molar-refractivity contribution in [3.63, 3.8) is 0 Å². The molecule has 25 heteroatoms. The number of phenolic OH excluding ortho intramolecular Hbond substituents is 1. The first-order valence-electron chi connectivity index (χ1n) is 23.4. The van der Waals surface area contributed by atoms with Gasteiger partial charge in [-0.1, -0.05) is 72.8 Å². The molecule has 7 rings (SSSR count). The number of esters is 1. The predicted octanol–water partition coefficient (Wildman–Crippen LogP) is 9.72. The highest BCUT2D eigenvalue weighted by Crippen LogP contribution is 2.29. The first-order chi connectivity index (χ1) is 37.9. The molecule has 0 fully saturated rings. The average Bonchev–Trinajstić information content (AvgIpc) is 3.47. The zero-order chi connectivity index (χ0) is 60.4. The Kier molecular flexibility index (Phi) is 34.4. The Balaban J connectivity index is 0.000000921. The SMILES string of the molecule is COC(=O)c1ccc(CN)cc1.COc1cc(CN)ccc1O.COc1cccc(CN)c1.N.NCc1ccc(C(=O)O)cc1.NCc1ccc(C(F)(F)F)cc1.NCc1ccc(F)c(F)c1F.NCc1cccc(OC(F)(F)F)c1. The number of carboxylic acid groups (broad SMARTS) is 1. The van der Waals surface area contributed by atoms with E-state index in [0.29, 0.717) is 54.2 Å². The second kappa shape index (κ2) is 38.4. The number of methoxy groups -OCH3 is 3. The van der Waals surface area contributed by atoms with Crippen LogP contribution in [0, 0.1) is 17.5 Å². The zero-order valence-corrected chi connectivity index (χ0v) is 44.4. The third-order valence-electron chi connectivity index (χ3n) is 10.1. The van der Waals surface area contributed by atoms with Crippen molar-refractivity contribution in [1.82, 2.24) is 6.15 Å². The molecule has 0 aliphatic carbocycles. The van der Waals surface area contributed by atoms with Crippen molar-refractivity contribution in [2.45, 2.75) is 58.4 Å². The highest BCUT2D eigenvalue weighted by atomic mass is 19.4. The lowest BCUT2D eigenvalue weighted by atomic mass is 10.1. The monoisotopic (exact) mass is 1150 g/mol. The average molecular weight is 1150 g/mol. The molecule has 7 aromatic carbocycles. The summed E-state index contributed by atoms with van der Waals surface area (Å²) in [5, 5.41) is 17.7. The number of alkyl halides is 6. The van der Waals surface area contributed by atoms with Crippen LogP contribution in [-0.2, 0) is 56.7 Å². The van der Waals surface area contributed by atoms with Crippen LogP contribution in [0.3, 0.4) is 0 Å². The number of aromatic carboxylic acids is 1. The van der Waals surface area contributed by atoms with E-state index in [9.17, 15) is 49.1 Å². The van der Waals surface area contributed by atoms with Gasteiger partial charge >= 0.3 is 24.5 Å². The van der Waals surface area contributed by atoms with Crippen LogP contribution in [0.2, 0.25) is 0 Å². The number of hydrogen-bond acceptors (Lipinski definition) is 15. The molecule has 0 saturated carbocycles. The molecule has 0 radical (unpaired) electrons. The number of rotatable bonds is 12. The predicted molar refractivity (Wildman–Crippen MR) is 290 cm³/mol. The number of carbonyl (C=O) groups is 2. The van der Waals surface area contributed by atoms with E-state index < -0.39 is 41.5 Å². The first kappa shape index (κ1) is 72.7. The molecular weight excluding hydrogens is 1080 g/mol. The van der Waals surface area contributed by atoms with Gasteiger partial charge in [-0.2, -0.15) is 13.2 Å². The third kappa shape index (κ3) is 28.4.